The van der Waals surface area contributed by atoms with Gasteiger partial charge in [-0.1, -0.05) is 42.5 Å². The highest BCUT2D eigenvalue weighted by atomic mass is 19.4. The molecule has 3 rings (SSSR count). The fourth-order valence-electron chi connectivity index (χ4n) is 3.75. The average Bonchev–Trinajstić information content (AvgIpc) is 2.84. The number of anilines is 1. The van der Waals surface area contributed by atoms with Crippen molar-refractivity contribution in [1.29, 1.82) is 0 Å². The van der Waals surface area contributed by atoms with Crippen LogP contribution in [0.1, 0.15) is 28.2 Å². The van der Waals surface area contributed by atoms with Gasteiger partial charge in [0.2, 0.25) is 11.8 Å². The molecule has 10 heteroatoms. The van der Waals surface area contributed by atoms with E-state index in [2.05, 4.69) is 0 Å². The van der Waals surface area contributed by atoms with E-state index in [0.29, 0.717) is 11.1 Å². The van der Waals surface area contributed by atoms with Gasteiger partial charge in [0.15, 0.2) is 0 Å². The minimum atomic E-state index is -4.58. The fraction of sp³-hybridized carbons (Fsp3) is 0.259. The zero-order valence-electron chi connectivity index (χ0n) is 20.0. The molecule has 0 aromatic heterocycles. The minimum absolute atomic E-state index is 0.0837. The van der Waals surface area contributed by atoms with Crippen LogP contribution in [-0.2, 0) is 28.4 Å². The first-order chi connectivity index (χ1) is 17.3. The van der Waals surface area contributed by atoms with Crippen LogP contribution in [0.3, 0.4) is 0 Å². The Bertz CT molecular complexity index is 1200. The van der Waals surface area contributed by atoms with Crippen molar-refractivity contribution in [2.45, 2.75) is 24.7 Å². The third-order valence-electron chi connectivity index (χ3n) is 5.75. The maximum absolute atomic E-state index is 13.8. The highest BCUT2D eigenvalue weighted by Gasteiger charge is 2.35. The predicted octanol–water partition coefficient (Wildman–Crippen LogP) is 6.17. The number of benzene rings is 3. The van der Waals surface area contributed by atoms with Crippen molar-refractivity contribution in [2.75, 3.05) is 25.5 Å². The summed E-state index contributed by atoms with van der Waals surface area (Å²) >= 11 is 0. The molecule has 1 atom stereocenters. The summed E-state index contributed by atoms with van der Waals surface area (Å²) in [5.41, 5.74) is -0.731. The molecule has 0 aliphatic carbocycles. The second-order valence-corrected chi connectivity index (χ2v) is 8.56. The number of likely N-dealkylation sites (N-methyl/N-ethyl adjacent to an activating group) is 1. The zero-order valence-corrected chi connectivity index (χ0v) is 20.0. The molecule has 0 fully saturated rings. The third kappa shape index (κ3) is 6.90. The van der Waals surface area contributed by atoms with E-state index in [4.69, 9.17) is 0 Å². The zero-order chi connectivity index (χ0) is 27.4. The number of hydrogen-bond acceptors (Lipinski definition) is 2. The van der Waals surface area contributed by atoms with Crippen LogP contribution in [0.2, 0.25) is 0 Å². The number of carbonyl (C=O) groups excluding carboxylic acids is 2. The summed E-state index contributed by atoms with van der Waals surface area (Å²) in [6, 6.07) is 16.6. The Kier molecular flexibility index (Phi) is 8.30. The lowest BCUT2D eigenvalue weighted by Crippen LogP contribution is -2.43. The number of carbonyl (C=O) groups is 2. The monoisotopic (exact) mass is 522 g/mol. The second kappa shape index (κ2) is 11.1. The van der Waals surface area contributed by atoms with Crippen LogP contribution < -0.4 is 4.90 Å². The van der Waals surface area contributed by atoms with Crippen molar-refractivity contribution in [2.24, 2.45) is 0 Å². The molecule has 1 unspecified atom stereocenters. The summed E-state index contributed by atoms with van der Waals surface area (Å²) in [6.45, 7) is -0.0837. The number of amides is 2. The van der Waals surface area contributed by atoms with Gasteiger partial charge in [-0.05, 0) is 53.9 Å². The highest BCUT2D eigenvalue weighted by Crippen LogP contribution is 2.32. The fourth-order valence-corrected chi connectivity index (χ4v) is 3.75. The SMILES string of the molecule is CN(C)C(=O)C(C(=O)N(CCc1ccc(C(F)(F)F)cc1)c1ccc(C(F)(F)F)cc1)c1ccccc1. The summed E-state index contributed by atoms with van der Waals surface area (Å²) < 4.78 is 78.0. The van der Waals surface area contributed by atoms with Crippen molar-refractivity contribution in [1.82, 2.24) is 4.90 Å². The van der Waals surface area contributed by atoms with E-state index in [1.165, 1.54) is 36.0 Å². The lowest BCUT2D eigenvalue weighted by Gasteiger charge is -2.29. The number of alkyl halides is 6. The first-order valence-corrected chi connectivity index (χ1v) is 11.2. The normalized spacial score (nSPS) is 12.6. The van der Waals surface area contributed by atoms with Gasteiger partial charge in [0, 0.05) is 26.3 Å². The number of nitrogens with zero attached hydrogens (tertiary/aromatic N) is 2. The van der Waals surface area contributed by atoms with E-state index >= 15 is 0 Å². The lowest BCUT2D eigenvalue weighted by atomic mass is 9.95. The average molecular weight is 522 g/mol. The van der Waals surface area contributed by atoms with Gasteiger partial charge in [-0.3, -0.25) is 9.59 Å². The molecule has 3 aromatic carbocycles. The van der Waals surface area contributed by atoms with Crippen LogP contribution in [0.15, 0.2) is 78.9 Å². The van der Waals surface area contributed by atoms with E-state index in [0.717, 1.165) is 36.4 Å². The Morgan fingerprint density at radius 3 is 1.65 bits per heavy atom. The van der Waals surface area contributed by atoms with Gasteiger partial charge in [0.05, 0.1) is 11.1 Å². The Balaban J connectivity index is 1.98. The first kappa shape index (κ1) is 27.8. The molecule has 4 nitrogen and oxygen atoms in total. The second-order valence-electron chi connectivity index (χ2n) is 8.56. The Morgan fingerprint density at radius 2 is 1.19 bits per heavy atom. The Morgan fingerprint density at radius 1 is 0.703 bits per heavy atom. The van der Waals surface area contributed by atoms with E-state index < -0.39 is 41.2 Å². The molecule has 0 radical (unpaired) electrons. The van der Waals surface area contributed by atoms with Crippen LogP contribution in [0, 0.1) is 0 Å². The summed E-state index contributed by atoms with van der Waals surface area (Å²) in [4.78, 5) is 29.3. The molecule has 37 heavy (non-hydrogen) atoms. The van der Waals surface area contributed by atoms with Gasteiger partial charge in [-0.15, -0.1) is 0 Å². The number of hydrogen-bond donors (Lipinski definition) is 0. The third-order valence-corrected chi connectivity index (χ3v) is 5.75. The van der Waals surface area contributed by atoms with Crippen molar-refractivity contribution < 1.29 is 35.9 Å². The van der Waals surface area contributed by atoms with Crippen molar-refractivity contribution in [3.05, 3.63) is 101 Å². The van der Waals surface area contributed by atoms with Crippen molar-refractivity contribution >= 4 is 17.5 Å². The van der Waals surface area contributed by atoms with Crippen LogP contribution >= 0.6 is 0 Å². The Labute approximate surface area is 210 Å². The van der Waals surface area contributed by atoms with Gasteiger partial charge in [-0.2, -0.15) is 26.3 Å². The molecule has 196 valence electrons. The summed E-state index contributed by atoms with van der Waals surface area (Å²) in [7, 11) is 2.96. The molecular formula is C27H24F6N2O2. The quantitative estimate of drug-likeness (QED) is 0.275. The molecular weight excluding hydrogens is 498 g/mol. The van der Waals surface area contributed by atoms with E-state index in [1.54, 1.807) is 30.3 Å². The number of rotatable bonds is 7. The molecule has 0 N–H and O–H groups in total. The van der Waals surface area contributed by atoms with E-state index in [1.807, 2.05) is 0 Å². The van der Waals surface area contributed by atoms with Gasteiger partial charge in [0.1, 0.15) is 5.92 Å². The van der Waals surface area contributed by atoms with Gasteiger partial charge in [-0.25, -0.2) is 0 Å². The van der Waals surface area contributed by atoms with Crippen LogP contribution in [0.4, 0.5) is 32.0 Å². The molecule has 3 aromatic rings. The van der Waals surface area contributed by atoms with E-state index in [9.17, 15) is 35.9 Å². The minimum Gasteiger partial charge on any atom is -0.348 e. The predicted molar refractivity (Wildman–Crippen MR) is 127 cm³/mol. The summed E-state index contributed by atoms with van der Waals surface area (Å²) in [5, 5.41) is 0. The molecule has 0 bridgehead atoms. The largest absolute Gasteiger partial charge is 0.416 e. The summed E-state index contributed by atoms with van der Waals surface area (Å²) in [5.74, 6) is -2.47. The van der Waals surface area contributed by atoms with Gasteiger partial charge in [0.25, 0.3) is 0 Å². The smallest absolute Gasteiger partial charge is 0.348 e. The van der Waals surface area contributed by atoms with Crippen molar-refractivity contribution in [3.8, 4) is 0 Å². The van der Waals surface area contributed by atoms with Gasteiger partial charge >= 0.3 is 12.4 Å². The van der Waals surface area contributed by atoms with Gasteiger partial charge < -0.3 is 9.80 Å². The van der Waals surface area contributed by atoms with Crippen LogP contribution in [0.5, 0.6) is 0 Å². The summed E-state index contributed by atoms with van der Waals surface area (Å²) in [6.07, 6.45) is -8.99. The molecule has 0 aliphatic heterocycles. The maximum Gasteiger partial charge on any atom is 0.416 e. The molecule has 0 saturated heterocycles. The topological polar surface area (TPSA) is 40.6 Å². The standard InChI is InChI=1S/C27H24F6N2O2/c1-34(2)24(36)23(19-6-4-3-5-7-19)25(37)35(22-14-12-21(13-15-22)27(31,32)33)17-16-18-8-10-20(11-9-18)26(28,29)30/h3-15,23H,16-17H2,1-2H3. The maximum atomic E-state index is 13.8. The molecule has 0 aliphatic rings. The molecule has 0 spiro atoms. The molecule has 0 heterocycles. The highest BCUT2D eigenvalue weighted by molar-refractivity contribution is 6.12. The van der Waals surface area contributed by atoms with Crippen LogP contribution in [0.25, 0.3) is 0 Å². The molecule has 0 saturated carbocycles. The van der Waals surface area contributed by atoms with E-state index in [-0.39, 0.29) is 18.7 Å². The first-order valence-electron chi connectivity index (χ1n) is 11.2. The lowest BCUT2D eigenvalue weighted by molar-refractivity contribution is -0.138. The Hall–Kier alpha value is -3.82. The number of halogens is 6. The van der Waals surface area contributed by atoms with Crippen molar-refractivity contribution in [3.63, 3.8) is 0 Å². The van der Waals surface area contributed by atoms with Crippen LogP contribution in [-0.4, -0.2) is 37.4 Å². The molecule has 2 amide bonds.